The Morgan fingerprint density at radius 1 is 0.727 bits per heavy atom. The van der Waals surface area contributed by atoms with Crippen molar-refractivity contribution in [2.45, 2.75) is 6.42 Å². The zero-order chi connectivity index (χ0) is 22.6. The van der Waals surface area contributed by atoms with Crippen molar-refractivity contribution in [2.75, 3.05) is 17.6 Å². The number of nitrogen functional groups attached to an aromatic ring is 1. The first kappa shape index (κ1) is 21.0. The molecule has 0 radical (unpaired) electrons. The summed E-state index contributed by atoms with van der Waals surface area (Å²) >= 11 is 6.26. The summed E-state index contributed by atoms with van der Waals surface area (Å²) in [6.45, 7) is 0.741. The molecule has 5 aromatic rings. The molecule has 4 nitrogen and oxygen atoms in total. The summed E-state index contributed by atoms with van der Waals surface area (Å²) in [6, 6.07) is 32.3. The topological polar surface area (TPSA) is 63.8 Å². The minimum Gasteiger partial charge on any atom is -0.399 e. The number of hydrogen-bond acceptors (Lipinski definition) is 4. The van der Waals surface area contributed by atoms with Gasteiger partial charge in [0, 0.05) is 28.2 Å². The van der Waals surface area contributed by atoms with E-state index in [1.165, 1.54) is 11.1 Å². The van der Waals surface area contributed by atoms with E-state index in [4.69, 9.17) is 27.3 Å². The molecule has 0 spiro atoms. The van der Waals surface area contributed by atoms with Gasteiger partial charge < -0.3 is 11.1 Å². The SMILES string of the molecule is Nc1ccc(CCNc2nc(-c3ccc(-c4ccccc4)cc3)nc3cc(Cl)ccc23)cc1. The van der Waals surface area contributed by atoms with Gasteiger partial charge >= 0.3 is 0 Å². The molecule has 0 saturated heterocycles. The first-order valence-electron chi connectivity index (χ1n) is 10.9. The molecule has 1 heterocycles. The van der Waals surface area contributed by atoms with Gasteiger partial charge in [-0.1, -0.05) is 78.3 Å². The summed E-state index contributed by atoms with van der Waals surface area (Å²) < 4.78 is 0. The lowest BCUT2D eigenvalue weighted by atomic mass is 10.0. The molecule has 1 aromatic heterocycles. The molecule has 0 amide bonds. The molecule has 3 N–H and O–H groups in total. The van der Waals surface area contributed by atoms with Gasteiger partial charge in [0.25, 0.3) is 0 Å². The maximum atomic E-state index is 6.26. The fourth-order valence-electron chi connectivity index (χ4n) is 3.82. The minimum absolute atomic E-state index is 0.652. The first-order valence-corrected chi connectivity index (χ1v) is 11.2. The Kier molecular flexibility index (Phi) is 5.92. The zero-order valence-electron chi connectivity index (χ0n) is 18.0. The minimum atomic E-state index is 0.652. The van der Waals surface area contributed by atoms with Gasteiger partial charge in [0.15, 0.2) is 5.82 Å². The lowest BCUT2D eigenvalue weighted by Gasteiger charge is -2.12. The molecule has 4 aromatic carbocycles. The Labute approximate surface area is 198 Å². The van der Waals surface area contributed by atoms with Crippen molar-refractivity contribution in [3.05, 3.63) is 108 Å². The van der Waals surface area contributed by atoms with Crippen LogP contribution < -0.4 is 11.1 Å². The zero-order valence-corrected chi connectivity index (χ0v) is 18.8. The molecule has 5 rings (SSSR count). The van der Waals surface area contributed by atoms with E-state index in [0.29, 0.717) is 10.8 Å². The number of halogens is 1. The van der Waals surface area contributed by atoms with Crippen molar-refractivity contribution >= 4 is 34.0 Å². The van der Waals surface area contributed by atoms with Gasteiger partial charge in [0.2, 0.25) is 0 Å². The molecule has 5 heteroatoms. The van der Waals surface area contributed by atoms with Gasteiger partial charge in [-0.05, 0) is 53.4 Å². The Morgan fingerprint density at radius 2 is 1.42 bits per heavy atom. The molecule has 0 aliphatic carbocycles. The number of anilines is 2. The molecule has 33 heavy (non-hydrogen) atoms. The number of hydrogen-bond donors (Lipinski definition) is 2. The van der Waals surface area contributed by atoms with Crippen LogP contribution in [-0.4, -0.2) is 16.5 Å². The van der Waals surface area contributed by atoms with Crippen molar-refractivity contribution in [2.24, 2.45) is 0 Å². The number of fused-ring (bicyclic) bond motifs is 1. The van der Waals surface area contributed by atoms with Gasteiger partial charge in [0.05, 0.1) is 5.52 Å². The van der Waals surface area contributed by atoms with E-state index in [0.717, 1.165) is 46.5 Å². The van der Waals surface area contributed by atoms with Crippen LogP contribution in [0.2, 0.25) is 5.02 Å². The summed E-state index contributed by atoms with van der Waals surface area (Å²) in [6.07, 6.45) is 0.862. The number of nitrogens with zero attached hydrogens (tertiary/aromatic N) is 2. The smallest absolute Gasteiger partial charge is 0.162 e. The lowest BCUT2D eigenvalue weighted by Crippen LogP contribution is -2.08. The molecule has 0 unspecified atom stereocenters. The van der Waals surface area contributed by atoms with Crippen LogP contribution in [0.5, 0.6) is 0 Å². The average Bonchev–Trinajstić information content (AvgIpc) is 2.85. The van der Waals surface area contributed by atoms with Crippen LogP contribution in [0.25, 0.3) is 33.4 Å². The number of aromatic nitrogens is 2. The molecule has 0 saturated carbocycles. The predicted octanol–water partition coefficient (Wildman–Crippen LogP) is 6.85. The van der Waals surface area contributed by atoms with Crippen molar-refractivity contribution in [3.63, 3.8) is 0 Å². The quantitative estimate of drug-likeness (QED) is 0.277. The van der Waals surface area contributed by atoms with E-state index < -0.39 is 0 Å². The van der Waals surface area contributed by atoms with Crippen molar-refractivity contribution in [1.29, 1.82) is 0 Å². The molecular formula is C28H23ClN4. The highest BCUT2D eigenvalue weighted by Crippen LogP contribution is 2.28. The van der Waals surface area contributed by atoms with E-state index in [1.54, 1.807) is 0 Å². The van der Waals surface area contributed by atoms with E-state index >= 15 is 0 Å². The van der Waals surface area contributed by atoms with E-state index in [-0.39, 0.29) is 0 Å². The molecule has 0 aliphatic rings. The maximum absolute atomic E-state index is 6.26. The second kappa shape index (κ2) is 9.31. The maximum Gasteiger partial charge on any atom is 0.162 e. The van der Waals surface area contributed by atoms with Crippen LogP contribution in [0, 0.1) is 0 Å². The number of rotatable bonds is 6. The van der Waals surface area contributed by atoms with E-state index in [9.17, 15) is 0 Å². The third-order valence-corrected chi connectivity index (χ3v) is 5.83. The Morgan fingerprint density at radius 3 is 2.18 bits per heavy atom. The van der Waals surface area contributed by atoms with Gasteiger partial charge in [-0.15, -0.1) is 0 Å². The third kappa shape index (κ3) is 4.81. The second-order valence-corrected chi connectivity index (χ2v) is 8.36. The Hall–Kier alpha value is -3.89. The van der Waals surface area contributed by atoms with E-state index in [1.807, 2.05) is 48.5 Å². The standard InChI is InChI=1S/C28H23ClN4/c29-23-12-15-25-26(18-23)32-27(22-10-8-21(9-11-22)20-4-2-1-3-5-20)33-28(25)31-17-16-19-6-13-24(30)14-7-19/h1-15,18H,16-17,30H2,(H,31,32,33). The second-order valence-electron chi connectivity index (χ2n) is 7.92. The fraction of sp³-hybridized carbons (Fsp3) is 0.0714. The lowest BCUT2D eigenvalue weighted by molar-refractivity contribution is 1.01. The summed E-state index contributed by atoms with van der Waals surface area (Å²) in [5.41, 5.74) is 11.9. The van der Waals surface area contributed by atoms with Gasteiger partial charge in [-0.25, -0.2) is 9.97 Å². The number of nitrogens with two attached hydrogens (primary N) is 1. The Bertz CT molecular complexity index is 1380. The normalized spacial score (nSPS) is 10.9. The summed E-state index contributed by atoms with van der Waals surface area (Å²) in [4.78, 5) is 9.66. The van der Waals surface area contributed by atoms with Crippen LogP contribution in [0.15, 0.2) is 97.1 Å². The van der Waals surface area contributed by atoms with Crippen molar-refractivity contribution in [1.82, 2.24) is 9.97 Å². The average molecular weight is 451 g/mol. The van der Waals surface area contributed by atoms with Crippen molar-refractivity contribution in [3.8, 4) is 22.5 Å². The summed E-state index contributed by atoms with van der Waals surface area (Å²) in [7, 11) is 0. The van der Waals surface area contributed by atoms with Crippen LogP contribution in [0.1, 0.15) is 5.56 Å². The highest BCUT2D eigenvalue weighted by Gasteiger charge is 2.11. The summed E-state index contributed by atoms with van der Waals surface area (Å²) in [5.74, 6) is 1.47. The van der Waals surface area contributed by atoms with Crippen LogP contribution in [0.4, 0.5) is 11.5 Å². The van der Waals surface area contributed by atoms with Crippen LogP contribution in [-0.2, 0) is 6.42 Å². The molecule has 0 fully saturated rings. The third-order valence-electron chi connectivity index (χ3n) is 5.60. The predicted molar refractivity (Wildman–Crippen MR) is 138 cm³/mol. The van der Waals surface area contributed by atoms with Gasteiger partial charge in [0.1, 0.15) is 5.82 Å². The monoisotopic (exact) mass is 450 g/mol. The molecule has 0 aliphatic heterocycles. The van der Waals surface area contributed by atoms with Crippen molar-refractivity contribution < 1.29 is 0 Å². The Balaban J connectivity index is 1.44. The van der Waals surface area contributed by atoms with Gasteiger partial charge in [-0.2, -0.15) is 0 Å². The highest BCUT2D eigenvalue weighted by atomic mass is 35.5. The number of nitrogens with one attached hydrogen (secondary N) is 1. The fourth-order valence-corrected chi connectivity index (χ4v) is 3.98. The first-order chi connectivity index (χ1) is 16.2. The molecular weight excluding hydrogens is 428 g/mol. The van der Waals surface area contributed by atoms with Gasteiger partial charge in [-0.3, -0.25) is 0 Å². The molecule has 0 atom stereocenters. The molecule has 162 valence electrons. The van der Waals surface area contributed by atoms with Crippen LogP contribution in [0.3, 0.4) is 0 Å². The summed E-state index contributed by atoms with van der Waals surface area (Å²) in [5, 5.41) is 5.09. The number of benzene rings is 4. The van der Waals surface area contributed by atoms with E-state index in [2.05, 4.69) is 53.8 Å². The highest BCUT2D eigenvalue weighted by molar-refractivity contribution is 6.31. The largest absolute Gasteiger partial charge is 0.399 e. The molecule has 0 bridgehead atoms. The van der Waals surface area contributed by atoms with Crippen LogP contribution >= 0.6 is 11.6 Å².